The third-order valence-corrected chi connectivity index (χ3v) is 1.50. The van der Waals surface area contributed by atoms with Crippen LogP contribution in [0.3, 0.4) is 0 Å². The van der Waals surface area contributed by atoms with Crippen molar-refractivity contribution in [3.8, 4) is 11.8 Å². The Kier molecular flexibility index (Phi) is 3.00. The molecule has 1 aromatic carbocycles. The van der Waals surface area contributed by atoms with Crippen molar-refractivity contribution in [1.82, 2.24) is 0 Å². The van der Waals surface area contributed by atoms with Crippen LogP contribution in [-0.2, 0) is 11.0 Å². The first-order chi connectivity index (χ1) is 6.89. The van der Waals surface area contributed by atoms with Crippen LogP contribution < -0.4 is 0 Å². The van der Waals surface area contributed by atoms with Crippen LogP contribution in [0.4, 0.5) is 13.2 Å². The molecule has 0 aliphatic carbocycles. The third kappa shape index (κ3) is 3.35. The van der Waals surface area contributed by atoms with E-state index in [-0.39, 0.29) is 5.56 Å². The van der Waals surface area contributed by atoms with Gasteiger partial charge in [0.15, 0.2) is 0 Å². The molecule has 0 heterocycles. The zero-order chi connectivity index (χ0) is 11.5. The molecular weight excluding hydrogens is 209 g/mol. The van der Waals surface area contributed by atoms with Crippen LogP contribution in [0.15, 0.2) is 24.3 Å². The fourth-order valence-electron chi connectivity index (χ4n) is 0.899. The molecule has 0 saturated carbocycles. The molecule has 1 aromatic rings. The van der Waals surface area contributed by atoms with Gasteiger partial charge in [-0.1, -0.05) is 12.0 Å². The summed E-state index contributed by atoms with van der Waals surface area (Å²) in [7, 11) is 0. The Bertz CT molecular complexity index is 438. The second-order valence-electron chi connectivity index (χ2n) is 2.63. The molecule has 1 rings (SSSR count). The van der Waals surface area contributed by atoms with Crippen molar-refractivity contribution < 1.29 is 23.1 Å². The van der Waals surface area contributed by atoms with Gasteiger partial charge < -0.3 is 5.11 Å². The largest absolute Gasteiger partial charge is 0.472 e. The number of halogens is 3. The molecule has 0 bridgehead atoms. The highest BCUT2D eigenvalue weighted by Gasteiger charge is 2.30. The van der Waals surface area contributed by atoms with Crippen molar-refractivity contribution >= 4 is 5.97 Å². The minimum absolute atomic E-state index is 0.0206. The van der Waals surface area contributed by atoms with Crippen LogP contribution in [0, 0.1) is 11.8 Å². The van der Waals surface area contributed by atoms with Gasteiger partial charge in [-0.3, -0.25) is 0 Å². The second-order valence-corrected chi connectivity index (χ2v) is 2.63. The Morgan fingerprint density at radius 2 is 2.00 bits per heavy atom. The Morgan fingerprint density at radius 1 is 1.33 bits per heavy atom. The number of aliphatic carboxylic acids is 1. The molecule has 0 aromatic heterocycles. The summed E-state index contributed by atoms with van der Waals surface area (Å²) in [6.07, 6.45) is -4.44. The van der Waals surface area contributed by atoms with Crippen molar-refractivity contribution in [3.05, 3.63) is 35.4 Å². The highest BCUT2D eigenvalue weighted by Crippen LogP contribution is 2.29. The fourth-order valence-corrected chi connectivity index (χ4v) is 0.899. The first-order valence-electron chi connectivity index (χ1n) is 3.82. The van der Waals surface area contributed by atoms with E-state index in [1.54, 1.807) is 5.92 Å². The van der Waals surface area contributed by atoms with Crippen LogP contribution in [0.5, 0.6) is 0 Å². The maximum Gasteiger partial charge on any atom is 0.416 e. The van der Waals surface area contributed by atoms with Gasteiger partial charge in [-0.2, -0.15) is 13.2 Å². The molecule has 0 spiro atoms. The standard InChI is InChI=1S/C10H5F3O2/c11-10(12,13)8-3-1-2-7(6-8)4-5-9(14)15/h1-3,6H,(H,14,15). The van der Waals surface area contributed by atoms with E-state index in [9.17, 15) is 18.0 Å². The SMILES string of the molecule is O=C(O)C#Cc1cccc(C(F)(F)F)c1. The lowest BCUT2D eigenvalue weighted by Gasteiger charge is -2.05. The van der Waals surface area contributed by atoms with Crippen LogP contribution in [-0.4, -0.2) is 11.1 Å². The van der Waals surface area contributed by atoms with Gasteiger partial charge in [0.05, 0.1) is 5.56 Å². The summed E-state index contributed by atoms with van der Waals surface area (Å²) in [6.45, 7) is 0. The number of hydrogen-bond acceptors (Lipinski definition) is 1. The highest BCUT2D eigenvalue weighted by molar-refractivity contribution is 5.87. The average molecular weight is 214 g/mol. The lowest BCUT2D eigenvalue weighted by atomic mass is 10.1. The van der Waals surface area contributed by atoms with Gasteiger partial charge >= 0.3 is 12.1 Å². The summed E-state index contributed by atoms with van der Waals surface area (Å²) in [5, 5.41) is 8.21. The van der Waals surface area contributed by atoms with Crippen molar-refractivity contribution in [2.75, 3.05) is 0 Å². The molecule has 0 aliphatic heterocycles. The monoisotopic (exact) mass is 214 g/mol. The molecule has 0 saturated heterocycles. The highest BCUT2D eigenvalue weighted by atomic mass is 19.4. The van der Waals surface area contributed by atoms with Gasteiger partial charge in [0, 0.05) is 11.5 Å². The molecule has 0 unspecified atom stereocenters. The molecule has 1 N–H and O–H groups in total. The van der Waals surface area contributed by atoms with E-state index in [1.165, 1.54) is 12.1 Å². The van der Waals surface area contributed by atoms with Crippen LogP contribution in [0.1, 0.15) is 11.1 Å². The molecule has 0 amide bonds. The predicted octanol–water partition coefficient (Wildman–Crippen LogP) is 2.14. The van der Waals surface area contributed by atoms with Crippen molar-refractivity contribution in [1.29, 1.82) is 0 Å². The molecule has 0 radical (unpaired) electrons. The summed E-state index contributed by atoms with van der Waals surface area (Å²) in [4.78, 5) is 10.1. The number of alkyl halides is 3. The lowest BCUT2D eigenvalue weighted by Crippen LogP contribution is -2.04. The molecule has 0 fully saturated rings. The number of carboxylic acids is 1. The zero-order valence-corrected chi connectivity index (χ0v) is 7.30. The summed E-state index contributed by atoms with van der Waals surface area (Å²) in [5.74, 6) is 2.46. The first kappa shape index (κ1) is 11.1. The Hall–Kier alpha value is -1.96. The third-order valence-electron chi connectivity index (χ3n) is 1.50. The van der Waals surface area contributed by atoms with Crippen molar-refractivity contribution in [3.63, 3.8) is 0 Å². The topological polar surface area (TPSA) is 37.3 Å². The van der Waals surface area contributed by atoms with Gasteiger partial charge in [0.25, 0.3) is 0 Å². The molecule has 15 heavy (non-hydrogen) atoms. The summed E-state index contributed by atoms with van der Waals surface area (Å²) >= 11 is 0. The average Bonchev–Trinajstić information content (AvgIpc) is 2.14. The normalized spacial score (nSPS) is 10.3. The predicted molar refractivity (Wildman–Crippen MR) is 46.0 cm³/mol. The lowest BCUT2D eigenvalue weighted by molar-refractivity contribution is -0.137. The number of rotatable bonds is 0. The fraction of sp³-hybridized carbons (Fsp3) is 0.100. The Balaban J connectivity index is 3.05. The molecule has 0 atom stereocenters. The summed E-state index contributed by atoms with van der Waals surface area (Å²) < 4.78 is 36.6. The maximum atomic E-state index is 12.2. The van der Waals surface area contributed by atoms with Gasteiger partial charge in [-0.15, -0.1) is 0 Å². The van der Waals surface area contributed by atoms with Crippen LogP contribution in [0.25, 0.3) is 0 Å². The molecule has 78 valence electrons. The van der Waals surface area contributed by atoms with E-state index in [2.05, 4.69) is 5.92 Å². The van der Waals surface area contributed by atoms with E-state index in [0.29, 0.717) is 0 Å². The maximum absolute atomic E-state index is 12.2. The quantitative estimate of drug-likeness (QED) is 0.672. The van der Waals surface area contributed by atoms with Crippen molar-refractivity contribution in [2.45, 2.75) is 6.18 Å². The summed E-state index contributed by atoms with van der Waals surface area (Å²) in [6, 6.07) is 4.18. The molecule has 5 heteroatoms. The zero-order valence-electron chi connectivity index (χ0n) is 7.30. The van der Waals surface area contributed by atoms with Gasteiger partial charge in [0.1, 0.15) is 0 Å². The molecule has 2 nitrogen and oxygen atoms in total. The van der Waals surface area contributed by atoms with E-state index in [1.807, 2.05) is 0 Å². The van der Waals surface area contributed by atoms with Crippen LogP contribution >= 0.6 is 0 Å². The molecular formula is C10H5F3O2. The minimum atomic E-state index is -4.44. The summed E-state index contributed by atoms with van der Waals surface area (Å²) in [5.41, 5.74) is -0.827. The number of benzene rings is 1. The van der Waals surface area contributed by atoms with E-state index in [0.717, 1.165) is 12.1 Å². The smallest absolute Gasteiger partial charge is 0.416 e. The Morgan fingerprint density at radius 3 is 2.53 bits per heavy atom. The van der Waals surface area contributed by atoms with Crippen LogP contribution in [0.2, 0.25) is 0 Å². The van der Waals surface area contributed by atoms with E-state index in [4.69, 9.17) is 5.11 Å². The van der Waals surface area contributed by atoms with E-state index >= 15 is 0 Å². The molecule has 0 aliphatic rings. The van der Waals surface area contributed by atoms with Crippen molar-refractivity contribution in [2.24, 2.45) is 0 Å². The Labute approximate surface area is 83.3 Å². The number of hydrogen-bond donors (Lipinski definition) is 1. The first-order valence-corrected chi connectivity index (χ1v) is 3.82. The second kappa shape index (κ2) is 4.05. The minimum Gasteiger partial charge on any atom is -0.472 e. The van der Waals surface area contributed by atoms with Gasteiger partial charge in [-0.05, 0) is 18.2 Å². The van der Waals surface area contributed by atoms with E-state index < -0.39 is 17.7 Å². The van der Waals surface area contributed by atoms with Gasteiger partial charge in [-0.25, -0.2) is 4.79 Å². The van der Waals surface area contributed by atoms with Gasteiger partial charge in [0.2, 0.25) is 0 Å². The number of carboxylic acid groups (broad SMARTS) is 1. The number of carbonyl (C=O) groups is 1.